The molecule has 1 heterocycles. The van der Waals surface area contributed by atoms with Crippen molar-refractivity contribution in [3.63, 3.8) is 0 Å². The van der Waals surface area contributed by atoms with Gasteiger partial charge in [0.05, 0.1) is 11.3 Å². The van der Waals surface area contributed by atoms with Gasteiger partial charge in [0.2, 0.25) is 0 Å². The Morgan fingerprint density at radius 2 is 1.90 bits per heavy atom. The van der Waals surface area contributed by atoms with Gasteiger partial charge in [-0.15, -0.1) is 0 Å². The van der Waals surface area contributed by atoms with Crippen molar-refractivity contribution in [2.24, 2.45) is 5.92 Å². The van der Waals surface area contributed by atoms with Crippen molar-refractivity contribution in [3.8, 4) is 0 Å². The van der Waals surface area contributed by atoms with Crippen molar-refractivity contribution in [1.29, 1.82) is 0 Å². The first kappa shape index (κ1) is 15.1. The van der Waals surface area contributed by atoms with Crippen molar-refractivity contribution in [3.05, 3.63) is 52.3 Å². The molecule has 0 unspecified atom stereocenters. The van der Waals surface area contributed by atoms with E-state index in [1.165, 1.54) is 5.56 Å². The van der Waals surface area contributed by atoms with Gasteiger partial charge in [-0.25, -0.2) is 0 Å². The van der Waals surface area contributed by atoms with Gasteiger partial charge in [0.15, 0.2) is 0 Å². The highest BCUT2D eigenvalue weighted by Gasteiger charge is 2.15. The van der Waals surface area contributed by atoms with E-state index in [0.717, 1.165) is 36.0 Å². The molecule has 0 fully saturated rings. The maximum atomic E-state index is 6.44. The fourth-order valence-electron chi connectivity index (χ4n) is 2.29. The minimum absolute atomic E-state index is 0.549. The van der Waals surface area contributed by atoms with E-state index in [1.807, 2.05) is 17.7 Å². The van der Waals surface area contributed by atoms with E-state index < -0.39 is 0 Å². The predicted molar refractivity (Wildman–Crippen MR) is 82.6 cm³/mol. The van der Waals surface area contributed by atoms with Gasteiger partial charge in [-0.2, -0.15) is 5.10 Å². The summed E-state index contributed by atoms with van der Waals surface area (Å²) in [6, 6.07) is 10.5. The molecule has 1 aromatic carbocycles. The quantitative estimate of drug-likeness (QED) is 0.873. The summed E-state index contributed by atoms with van der Waals surface area (Å²) in [4.78, 5) is 0. The number of rotatable bonds is 6. The molecule has 1 aromatic heterocycles. The Hall–Kier alpha value is -1.32. The maximum Gasteiger partial charge on any atom is 0.136 e. The summed E-state index contributed by atoms with van der Waals surface area (Å²) in [5.41, 5.74) is 3.53. The predicted octanol–water partition coefficient (Wildman–Crippen LogP) is 2.76. The molecule has 2 rings (SSSR count). The molecule has 4 heteroatoms. The lowest BCUT2D eigenvalue weighted by Gasteiger charge is -2.06. The van der Waals surface area contributed by atoms with Crippen molar-refractivity contribution >= 4 is 11.6 Å². The first-order valence-corrected chi connectivity index (χ1v) is 7.53. The summed E-state index contributed by atoms with van der Waals surface area (Å²) >= 11 is 6.44. The molecule has 0 aliphatic carbocycles. The molecule has 0 bridgehead atoms. The van der Waals surface area contributed by atoms with Crippen LogP contribution < -0.4 is 5.32 Å². The number of nitrogens with two attached hydrogens (primary N) is 1. The Bertz CT molecular complexity index is 546. The van der Waals surface area contributed by atoms with Gasteiger partial charge in [0.25, 0.3) is 0 Å². The number of hydrogen-bond donors (Lipinski definition) is 1. The van der Waals surface area contributed by atoms with Gasteiger partial charge >= 0.3 is 0 Å². The zero-order valence-electron chi connectivity index (χ0n) is 12.4. The third-order valence-electron chi connectivity index (χ3n) is 3.29. The molecule has 108 valence electrons. The molecule has 0 atom stereocenters. The van der Waals surface area contributed by atoms with Gasteiger partial charge in [-0.1, -0.05) is 55.8 Å². The Morgan fingerprint density at radius 3 is 2.55 bits per heavy atom. The zero-order valence-corrected chi connectivity index (χ0v) is 13.2. The molecule has 2 N–H and O–H groups in total. The van der Waals surface area contributed by atoms with Crippen LogP contribution in [-0.4, -0.2) is 9.78 Å². The highest BCUT2D eigenvalue weighted by Crippen LogP contribution is 2.19. The SMILES string of the molecule is Cc1nn(CC(C)C)c(Cl)c1C[NH2+]Cc1ccccc1. The lowest BCUT2D eigenvalue weighted by Crippen LogP contribution is -2.80. The smallest absolute Gasteiger partial charge is 0.136 e. The fraction of sp³-hybridized carbons (Fsp3) is 0.438. The first-order valence-electron chi connectivity index (χ1n) is 7.15. The molecule has 20 heavy (non-hydrogen) atoms. The van der Waals surface area contributed by atoms with E-state index in [2.05, 4.69) is 48.5 Å². The molecular formula is C16H23ClN3+. The molecular weight excluding hydrogens is 270 g/mol. The van der Waals surface area contributed by atoms with Crippen LogP contribution in [0.15, 0.2) is 30.3 Å². The molecule has 0 aliphatic heterocycles. The van der Waals surface area contributed by atoms with E-state index >= 15 is 0 Å². The van der Waals surface area contributed by atoms with Crippen molar-refractivity contribution < 1.29 is 5.32 Å². The number of aromatic nitrogens is 2. The second-order valence-corrected chi connectivity index (χ2v) is 5.97. The Morgan fingerprint density at radius 1 is 1.20 bits per heavy atom. The highest BCUT2D eigenvalue weighted by molar-refractivity contribution is 6.30. The van der Waals surface area contributed by atoms with Gasteiger partial charge in [-0.05, 0) is 12.8 Å². The van der Waals surface area contributed by atoms with E-state index in [1.54, 1.807) is 0 Å². The second-order valence-electron chi connectivity index (χ2n) is 5.61. The average Bonchev–Trinajstić information content (AvgIpc) is 2.67. The Labute approximate surface area is 126 Å². The number of quaternary nitrogens is 1. The first-order chi connectivity index (χ1) is 9.58. The zero-order chi connectivity index (χ0) is 14.5. The van der Waals surface area contributed by atoms with E-state index in [9.17, 15) is 0 Å². The van der Waals surface area contributed by atoms with Crippen LogP contribution >= 0.6 is 11.6 Å². The van der Waals surface area contributed by atoms with Crippen molar-refractivity contribution in [1.82, 2.24) is 9.78 Å². The van der Waals surface area contributed by atoms with Crippen LogP contribution in [0.2, 0.25) is 5.15 Å². The molecule has 0 radical (unpaired) electrons. The minimum atomic E-state index is 0.549. The molecule has 0 saturated heterocycles. The van der Waals surface area contributed by atoms with Crippen LogP contribution in [0.4, 0.5) is 0 Å². The minimum Gasteiger partial charge on any atom is -0.339 e. The number of halogens is 1. The normalized spacial score (nSPS) is 11.2. The largest absolute Gasteiger partial charge is 0.339 e. The van der Waals surface area contributed by atoms with Crippen LogP contribution in [0.25, 0.3) is 0 Å². The summed E-state index contributed by atoms with van der Waals surface area (Å²) in [6.07, 6.45) is 0. The molecule has 2 aromatic rings. The van der Waals surface area contributed by atoms with Gasteiger partial charge < -0.3 is 5.32 Å². The molecule has 0 spiro atoms. The van der Waals surface area contributed by atoms with Crippen LogP contribution in [0, 0.1) is 12.8 Å². The van der Waals surface area contributed by atoms with Crippen LogP contribution in [0.5, 0.6) is 0 Å². The number of hydrogen-bond acceptors (Lipinski definition) is 1. The Kier molecular flexibility index (Phi) is 5.21. The molecule has 0 aliphatic rings. The number of aryl methyl sites for hydroxylation is 1. The lowest BCUT2D eigenvalue weighted by molar-refractivity contribution is -0.686. The van der Waals surface area contributed by atoms with Crippen molar-refractivity contribution in [2.45, 2.75) is 40.4 Å². The van der Waals surface area contributed by atoms with Crippen LogP contribution in [0.1, 0.15) is 30.7 Å². The summed E-state index contributed by atoms with van der Waals surface area (Å²) in [7, 11) is 0. The number of nitrogens with zero attached hydrogens (tertiary/aromatic N) is 2. The van der Waals surface area contributed by atoms with E-state index in [0.29, 0.717) is 5.92 Å². The van der Waals surface area contributed by atoms with E-state index in [4.69, 9.17) is 11.6 Å². The number of benzene rings is 1. The third kappa shape index (κ3) is 3.84. The average molecular weight is 293 g/mol. The lowest BCUT2D eigenvalue weighted by atomic mass is 10.2. The van der Waals surface area contributed by atoms with Gasteiger partial charge in [0.1, 0.15) is 18.2 Å². The van der Waals surface area contributed by atoms with E-state index in [-0.39, 0.29) is 0 Å². The van der Waals surface area contributed by atoms with Crippen molar-refractivity contribution in [2.75, 3.05) is 0 Å². The third-order valence-corrected chi connectivity index (χ3v) is 3.72. The molecule has 3 nitrogen and oxygen atoms in total. The topological polar surface area (TPSA) is 34.4 Å². The fourth-order valence-corrected chi connectivity index (χ4v) is 2.61. The molecule has 0 saturated carbocycles. The second kappa shape index (κ2) is 6.91. The summed E-state index contributed by atoms with van der Waals surface area (Å²) in [5.74, 6) is 0.549. The monoisotopic (exact) mass is 292 g/mol. The molecule has 0 amide bonds. The Balaban J connectivity index is 1.97. The van der Waals surface area contributed by atoms with Crippen LogP contribution in [-0.2, 0) is 19.6 Å². The summed E-state index contributed by atoms with van der Waals surface area (Å²) < 4.78 is 1.92. The van der Waals surface area contributed by atoms with Gasteiger partial charge in [-0.3, -0.25) is 4.68 Å². The summed E-state index contributed by atoms with van der Waals surface area (Å²) in [5, 5.41) is 7.60. The van der Waals surface area contributed by atoms with Gasteiger partial charge in [0, 0.05) is 12.1 Å². The maximum absolute atomic E-state index is 6.44. The highest BCUT2D eigenvalue weighted by atomic mass is 35.5. The standard InChI is InChI=1S/C16H22ClN3/c1-12(2)11-20-16(17)15(13(3)19-20)10-18-9-14-7-5-4-6-8-14/h4-8,12,18H,9-11H2,1-3H3/p+1. The summed E-state index contributed by atoms with van der Waals surface area (Å²) in [6.45, 7) is 9.10. The van der Waals surface area contributed by atoms with Crippen LogP contribution in [0.3, 0.4) is 0 Å².